The minimum atomic E-state index is 0.0597. The summed E-state index contributed by atoms with van der Waals surface area (Å²) in [4.78, 5) is 18.6. The van der Waals surface area contributed by atoms with Crippen molar-refractivity contribution in [2.24, 2.45) is 4.99 Å². The second-order valence-corrected chi connectivity index (χ2v) is 6.13. The van der Waals surface area contributed by atoms with Crippen molar-refractivity contribution in [2.75, 3.05) is 20.0 Å². The Morgan fingerprint density at radius 1 is 1.12 bits per heavy atom. The number of aliphatic imine (C=N–C) groups is 1. The fourth-order valence-electron chi connectivity index (χ4n) is 2.39. The molecule has 1 aliphatic rings. The number of rotatable bonds is 5. The van der Waals surface area contributed by atoms with E-state index in [-0.39, 0.29) is 5.91 Å². The number of benzene rings is 2. The molecule has 2 aromatic carbocycles. The summed E-state index contributed by atoms with van der Waals surface area (Å²) in [7, 11) is 3.20. The molecule has 0 aliphatic carbocycles. The largest absolute Gasteiger partial charge is 0.497 e. The van der Waals surface area contributed by atoms with E-state index >= 15 is 0 Å². The van der Waals surface area contributed by atoms with Gasteiger partial charge in [-0.15, -0.1) is 0 Å². The molecule has 0 radical (unpaired) electrons. The molecule has 0 bridgehead atoms. The Balaban J connectivity index is 1.92. The standard InChI is InChI=1S/C18H18N2O3S/c1-22-14-8-9-16(23-2)15(10-14)19-18-20(17(21)12-24-18)11-13-6-4-3-5-7-13/h3-10H,11-12H2,1-2H3. The van der Waals surface area contributed by atoms with E-state index in [1.807, 2.05) is 36.4 Å². The molecule has 24 heavy (non-hydrogen) atoms. The molecule has 3 rings (SSSR count). The number of methoxy groups -OCH3 is 2. The molecule has 0 spiro atoms. The summed E-state index contributed by atoms with van der Waals surface area (Å²) < 4.78 is 10.6. The summed E-state index contributed by atoms with van der Waals surface area (Å²) in [5, 5.41) is 0.676. The predicted octanol–water partition coefficient (Wildman–Crippen LogP) is 3.47. The molecule has 0 N–H and O–H groups in total. The number of amidine groups is 1. The van der Waals surface area contributed by atoms with E-state index in [0.29, 0.717) is 34.7 Å². The molecule has 0 unspecified atom stereocenters. The minimum absolute atomic E-state index is 0.0597. The van der Waals surface area contributed by atoms with Crippen LogP contribution in [0.2, 0.25) is 0 Å². The Hall–Kier alpha value is -2.47. The van der Waals surface area contributed by atoms with Crippen molar-refractivity contribution in [2.45, 2.75) is 6.54 Å². The number of hydrogen-bond donors (Lipinski definition) is 0. The van der Waals surface area contributed by atoms with Crippen molar-refractivity contribution in [3.8, 4) is 11.5 Å². The van der Waals surface area contributed by atoms with Gasteiger partial charge in [0, 0.05) is 6.07 Å². The van der Waals surface area contributed by atoms with Crippen molar-refractivity contribution in [3.05, 3.63) is 54.1 Å². The van der Waals surface area contributed by atoms with Crippen LogP contribution >= 0.6 is 11.8 Å². The average molecular weight is 342 g/mol. The molecule has 5 nitrogen and oxygen atoms in total. The molecule has 6 heteroatoms. The summed E-state index contributed by atoms with van der Waals surface area (Å²) in [6, 6.07) is 15.3. The fourth-order valence-corrected chi connectivity index (χ4v) is 3.28. The van der Waals surface area contributed by atoms with Gasteiger partial charge in [-0.05, 0) is 17.7 Å². The van der Waals surface area contributed by atoms with Gasteiger partial charge in [0.15, 0.2) is 5.17 Å². The third kappa shape index (κ3) is 3.54. The van der Waals surface area contributed by atoms with Crippen molar-refractivity contribution < 1.29 is 14.3 Å². The van der Waals surface area contributed by atoms with Crippen molar-refractivity contribution in [1.82, 2.24) is 4.90 Å². The first-order chi connectivity index (χ1) is 11.7. The number of ether oxygens (including phenoxy) is 2. The third-order valence-electron chi connectivity index (χ3n) is 3.64. The van der Waals surface area contributed by atoms with Crippen LogP contribution in [0, 0.1) is 0 Å². The summed E-state index contributed by atoms with van der Waals surface area (Å²) in [5.74, 6) is 1.80. The Morgan fingerprint density at radius 3 is 2.62 bits per heavy atom. The van der Waals surface area contributed by atoms with Crippen LogP contribution < -0.4 is 9.47 Å². The monoisotopic (exact) mass is 342 g/mol. The van der Waals surface area contributed by atoms with E-state index in [1.54, 1.807) is 31.3 Å². The van der Waals surface area contributed by atoms with Crippen LogP contribution in [0.4, 0.5) is 5.69 Å². The van der Waals surface area contributed by atoms with E-state index in [0.717, 1.165) is 5.56 Å². The highest BCUT2D eigenvalue weighted by Gasteiger charge is 2.28. The molecule has 1 aliphatic heterocycles. The van der Waals surface area contributed by atoms with Gasteiger partial charge in [-0.1, -0.05) is 42.1 Å². The van der Waals surface area contributed by atoms with Crippen LogP contribution in [-0.2, 0) is 11.3 Å². The number of hydrogen-bond acceptors (Lipinski definition) is 5. The Morgan fingerprint density at radius 2 is 1.92 bits per heavy atom. The average Bonchev–Trinajstić information content (AvgIpc) is 2.96. The van der Waals surface area contributed by atoms with Gasteiger partial charge in [-0.3, -0.25) is 9.69 Å². The minimum Gasteiger partial charge on any atom is -0.497 e. The van der Waals surface area contributed by atoms with E-state index < -0.39 is 0 Å². The molecule has 1 saturated heterocycles. The summed E-state index contributed by atoms with van der Waals surface area (Å²) in [6.07, 6.45) is 0. The highest BCUT2D eigenvalue weighted by atomic mass is 32.2. The first kappa shape index (κ1) is 16.4. The van der Waals surface area contributed by atoms with Crippen LogP contribution in [-0.4, -0.2) is 35.9 Å². The van der Waals surface area contributed by atoms with Gasteiger partial charge in [0.1, 0.15) is 17.2 Å². The van der Waals surface area contributed by atoms with Gasteiger partial charge < -0.3 is 9.47 Å². The highest BCUT2D eigenvalue weighted by Crippen LogP contribution is 2.34. The van der Waals surface area contributed by atoms with Crippen molar-refractivity contribution in [3.63, 3.8) is 0 Å². The van der Waals surface area contributed by atoms with E-state index in [9.17, 15) is 4.79 Å². The summed E-state index contributed by atoms with van der Waals surface area (Å²) >= 11 is 1.44. The van der Waals surface area contributed by atoms with Gasteiger partial charge in [-0.2, -0.15) is 0 Å². The molecule has 2 aromatic rings. The van der Waals surface area contributed by atoms with Crippen LogP contribution in [0.1, 0.15) is 5.56 Å². The van der Waals surface area contributed by atoms with E-state index in [2.05, 4.69) is 4.99 Å². The van der Waals surface area contributed by atoms with Gasteiger partial charge in [0.05, 0.1) is 26.5 Å². The number of amides is 1. The van der Waals surface area contributed by atoms with Crippen LogP contribution in [0.3, 0.4) is 0 Å². The van der Waals surface area contributed by atoms with E-state index in [1.165, 1.54) is 11.8 Å². The lowest BCUT2D eigenvalue weighted by Gasteiger charge is -2.16. The second-order valence-electron chi connectivity index (χ2n) is 5.19. The summed E-state index contributed by atoms with van der Waals surface area (Å²) in [5.41, 5.74) is 1.71. The lowest BCUT2D eigenvalue weighted by atomic mass is 10.2. The third-order valence-corrected chi connectivity index (χ3v) is 4.60. The maximum Gasteiger partial charge on any atom is 0.239 e. The molecule has 0 atom stereocenters. The molecular weight excluding hydrogens is 324 g/mol. The zero-order valence-electron chi connectivity index (χ0n) is 13.6. The lowest BCUT2D eigenvalue weighted by Crippen LogP contribution is -2.28. The van der Waals surface area contributed by atoms with Crippen LogP contribution in [0.25, 0.3) is 0 Å². The number of thioether (sulfide) groups is 1. The number of carbonyl (C=O) groups is 1. The lowest BCUT2D eigenvalue weighted by molar-refractivity contribution is -0.124. The fraction of sp³-hybridized carbons (Fsp3) is 0.222. The first-order valence-electron chi connectivity index (χ1n) is 7.49. The molecule has 1 fully saturated rings. The molecule has 0 saturated carbocycles. The van der Waals surface area contributed by atoms with E-state index in [4.69, 9.17) is 9.47 Å². The summed E-state index contributed by atoms with van der Waals surface area (Å²) in [6.45, 7) is 0.512. The quantitative estimate of drug-likeness (QED) is 0.835. The van der Waals surface area contributed by atoms with Gasteiger partial charge in [0.25, 0.3) is 0 Å². The van der Waals surface area contributed by atoms with Gasteiger partial charge in [-0.25, -0.2) is 4.99 Å². The first-order valence-corrected chi connectivity index (χ1v) is 8.47. The Bertz CT molecular complexity index is 762. The topological polar surface area (TPSA) is 51.1 Å². The Labute approximate surface area is 145 Å². The van der Waals surface area contributed by atoms with Gasteiger partial charge in [0.2, 0.25) is 5.91 Å². The zero-order valence-corrected chi connectivity index (χ0v) is 14.4. The molecule has 1 amide bonds. The highest BCUT2D eigenvalue weighted by molar-refractivity contribution is 8.15. The second kappa shape index (κ2) is 7.40. The van der Waals surface area contributed by atoms with Crippen molar-refractivity contribution in [1.29, 1.82) is 0 Å². The maximum atomic E-state index is 12.2. The smallest absolute Gasteiger partial charge is 0.239 e. The molecular formula is C18H18N2O3S. The molecule has 124 valence electrons. The zero-order chi connectivity index (χ0) is 16.9. The predicted molar refractivity (Wildman–Crippen MR) is 96.1 cm³/mol. The Kier molecular flexibility index (Phi) is 5.05. The molecule has 1 heterocycles. The molecule has 0 aromatic heterocycles. The van der Waals surface area contributed by atoms with Crippen LogP contribution in [0.5, 0.6) is 11.5 Å². The van der Waals surface area contributed by atoms with Gasteiger partial charge >= 0.3 is 0 Å². The normalized spacial score (nSPS) is 15.8. The van der Waals surface area contributed by atoms with Crippen LogP contribution in [0.15, 0.2) is 53.5 Å². The maximum absolute atomic E-state index is 12.2. The SMILES string of the molecule is COc1ccc(OC)c(N=C2SCC(=O)N2Cc2ccccc2)c1. The number of carbonyl (C=O) groups excluding carboxylic acids is 1. The number of nitrogens with zero attached hydrogens (tertiary/aromatic N) is 2. The van der Waals surface area contributed by atoms with Crippen molar-refractivity contribution >= 4 is 28.5 Å².